The van der Waals surface area contributed by atoms with Gasteiger partial charge in [0.25, 0.3) is 5.91 Å². The minimum atomic E-state index is -0.0283. The Balaban J connectivity index is 0.00000225. The predicted molar refractivity (Wildman–Crippen MR) is 69.0 cm³/mol. The zero-order valence-electron chi connectivity index (χ0n) is 9.41. The van der Waals surface area contributed by atoms with Crippen molar-refractivity contribution < 1.29 is 9.53 Å². The number of halogens is 1. The largest absolute Gasteiger partial charge is 0.496 e. The molecule has 1 aromatic rings. The van der Waals surface area contributed by atoms with E-state index in [1.807, 2.05) is 12.4 Å². The van der Waals surface area contributed by atoms with Gasteiger partial charge in [0.1, 0.15) is 5.75 Å². The first-order chi connectivity index (χ1) is 7.27. The van der Waals surface area contributed by atoms with Gasteiger partial charge in [0.2, 0.25) is 0 Å². The Morgan fingerprint density at radius 2 is 2.25 bits per heavy atom. The smallest absolute Gasteiger partial charge is 0.261 e. The molecule has 0 saturated heterocycles. The number of hydrogen-bond donors (Lipinski definition) is 2. The highest BCUT2D eigenvalue weighted by molar-refractivity contribution is 7.12. The molecule has 4 nitrogen and oxygen atoms in total. The van der Waals surface area contributed by atoms with Gasteiger partial charge in [0, 0.05) is 18.0 Å². The lowest BCUT2D eigenvalue weighted by atomic mass is 10.4. The quantitative estimate of drug-likeness (QED) is 0.766. The van der Waals surface area contributed by atoms with Crippen molar-refractivity contribution in [3.63, 3.8) is 0 Å². The van der Waals surface area contributed by atoms with Crippen LogP contribution in [0.15, 0.2) is 11.4 Å². The van der Waals surface area contributed by atoms with E-state index in [4.69, 9.17) is 4.74 Å². The average molecular weight is 265 g/mol. The Kier molecular flexibility index (Phi) is 7.97. The van der Waals surface area contributed by atoms with Crippen LogP contribution >= 0.6 is 23.7 Å². The molecule has 6 heteroatoms. The van der Waals surface area contributed by atoms with Crippen LogP contribution < -0.4 is 15.4 Å². The molecule has 0 aliphatic carbocycles. The molecule has 0 bridgehead atoms. The first kappa shape index (κ1) is 15.2. The topological polar surface area (TPSA) is 50.4 Å². The molecule has 2 N–H and O–H groups in total. The van der Waals surface area contributed by atoms with Crippen molar-refractivity contribution in [1.82, 2.24) is 10.6 Å². The van der Waals surface area contributed by atoms with E-state index in [9.17, 15) is 4.79 Å². The Morgan fingerprint density at radius 1 is 1.50 bits per heavy atom. The zero-order valence-corrected chi connectivity index (χ0v) is 11.0. The van der Waals surface area contributed by atoms with Crippen molar-refractivity contribution in [2.75, 3.05) is 27.2 Å². The molecular formula is C10H17ClN2O2S. The minimum Gasteiger partial charge on any atom is -0.496 e. The van der Waals surface area contributed by atoms with Gasteiger partial charge in [0.05, 0.1) is 12.0 Å². The molecule has 16 heavy (non-hydrogen) atoms. The van der Waals surface area contributed by atoms with Crippen molar-refractivity contribution in [1.29, 1.82) is 0 Å². The first-order valence-corrected chi connectivity index (χ1v) is 5.71. The summed E-state index contributed by atoms with van der Waals surface area (Å²) in [6, 6.07) is 1.75. The predicted octanol–water partition coefficient (Wildman–Crippen LogP) is 1.52. The molecule has 0 atom stereocenters. The molecule has 0 aliphatic rings. The molecule has 0 aliphatic heterocycles. The van der Waals surface area contributed by atoms with E-state index in [0.717, 1.165) is 18.7 Å². The minimum absolute atomic E-state index is 0. The molecule has 1 amide bonds. The second-order valence-corrected chi connectivity index (χ2v) is 3.98. The van der Waals surface area contributed by atoms with E-state index in [0.29, 0.717) is 11.4 Å². The van der Waals surface area contributed by atoms with Crippen LogP contribution in [0.5, 0.6) is 5.75 Å². The van der Waals surface area contributed by atoms with Gasteiger partial charge in [-0.1, -0.05) is 0 Å². The Labute approximate surface area is 106 Å². The van der Waals surface area contributed by atoms with Crippen LogP contribution in [0.4, 0.5) is 0 Å². The molecule has 1 aromatic heterocycles. The van der Waals surface area contributed by atoms with Crippen LogP contribution in [0.3, 0.4) is 0 Å². The van der Waals surface area contributed by atoms with Gasteiger partial charge < -0.3 is 15.4 Å². The van der Waals surface area contributed by atoms with Gasteiger partial charge in [-0.25, -0.2) is 0 Å². The molecule has 0 saturated carbocycles. The van der Waals surface area contributed by atoms with E-state index in [2.05, 4.69) is 10.6 Å². The normalized spacial score (nSPS) is 9.38. The molecule has 1 rings (SSSR count). The summed E-state index contributed by atoms with van der Waals surface area (Å²) in [6.45, 7) is 1.61. The van der Waals surface area contributed by atoms with Crippen LogP contribution in [0.25, 0.3) is 0 Å². The summed E-state index contributed by atoms with van der Waals surface area (Å²) in [5, 5.41) is 7.69. The van der Waals surface area contributed by atoms with Gasteiger partial charge in [-0.05, 0) is 20.0 Å². The van der Waals surface area contributed by atoms with Gasteiger partial charge in [0.15, 0.2) is 0 Å². The molecule has 0 radical (unpaired) electrons. The van der Waals surface area contributed by atoms with Gasteiger partial charge in [-0.15, -0.1) is 23.7 Å². The number of amides is 1. The molecule has 1 heterocycles. The molecule has 0 fully saturated rings. The Morgan fingerprint density at radius 3 is 2.81 bits per heavy atom. The van der Waals surface area contributed by atoms with Crippen LogP contribution in [-0.2, 0) is 0 Å². The summed E-state index contributed by atoms with van der Waals surface area (Å²) >= 11 is 1.39. The Hall–Kier alpha value is -0.780. The van der Waals surface area contributed by atoms with E-state index in [1.54, 1.807) is 13.2 Å². The van der Waals surface area contributed by atoms with Crippen molar-refractivity contribution >= 4 is 29.7 Å². The lowest BCUT2D eigenvalue weighted by molar-refractivity contribution is 0.0957. The van der Waals surface area contributed by atoms with Crippen molar-refractivity contribution in [3.8, 4) is 5.75 Å². The summed E-state index contributed by atoms with van der Waals surface area (Å²) < 4.78 is 5.01. The highest BCUT2D eigenvalue weighted by atomic mass is 35.5. The maximum absolute atomic E-state index is 11.6. The third-order valence-electron chi connectivity index (χ3n) is 1.92. The number of ether oxygens (including phenoxy) is 1. The van der Waals surface area contributed by atoms with E-state index in [1.165, 1.54) is 11.3 Å². The van der Waals surface area contributed by atoms with Crippen LogP contribution in [-0.4, -0.2) is 33.2 Å². The summed E-state index contributed by atoms with van der Waals surface area (Å²) in [7, 11) is 3.49. The molecule has 0 spiro atoms. The fourth-order valence-corrected chi connectivity index (χ4v) is 1.87. The summed E-state index contributed by atoms with van der Waals surface area (Å²) in [4.78, 5) is 12.3. The lowest BCUT2D eigenvalue weighted by Crippen LogP contribution is -2.25. The molecule has 92 valence electrons. The van der Waals surface area contributed by atoms with Crippen LogP contribution in [0.1, 0.15) is 16.1 Å². The standard InChI is InChI=1S/C10H16N2O2S.ClH/c1-11-4-3-5-12-10(13)9-6-8(14-2)7-15-9;/h6-7,11H,3-5H2,1-2H3,(H,12,13);1H. The SMILES string of the molecule is CNCCCNC(=O)c1cc(OC)cs1.Cl. The lowest BCUT2D eigenvalue weighted by Gasteiger charge is -2.02. The number of thiophene rings is 1. The number of nitrogens with one attached hydrogen (secondary N) is 2. The van der Waals surface area contributed by atoms with E-state index in [-0.39, 0.29) is 18.3 Å². The number of carbonyl (C=O) groups excluding carboxylic acids is 1. The van der Waals surface area contributed by atoms with E-state index >= 15 is 0 Å². The zero-order chi connectivity index (χ0) is 11.1. The molecular weight excluding hydrogens is 248 g/mol. The first-order valence-electron chi connectivity index (χ1n) is 4.83. The summed E-state index contributed by atoms with van der Waals surface area (Å²) in [6.07, 6.45) is 0.935. The van der Waals surface area contributed by atoms with Gasteiger partial charge >= 0.3 is 0 Å². The highest BCUT2D eigenvalue weighted by Crippen LogP contribution is 2.20. The average Bonchev–Trinajstić information content (AvgIpc) is 2.72. The van der Waals surface area contributed by atoms with Crippen molar-refractivity contribution in [2.45, 2.75) is 6.42 Å². The maximum atomic E-state index is 11.6. The second-order valence-electron chi connectivity index (χ2n) is 3.06. The Bertz CT molecular complexity index is 318. The van der Waals surface area contributed by atoms with Crippen LogP contribution in [0, 0.1) is 0 Å². The number of methoxy groups -OCH3 is 1. The van der Waals surface area contributed by atoms with Crippen molar-refractivity contribution in [3.05, 3.63) is 16.3 Å². The summed E-state index contributed by atoms with van der Waals surface area (Å²) in [5.41, 5.74) is 0. The fourth-order valence-electron chi connectivity index (χ4n) is 1.10. The monoisotopic (exact) mass is 264 g/mol. The van der Waals surface area contributed by atoms with Crippen LogP contribution in [0.2, 0.25) is 0 Å². The maximum Gasteiger partial charge on any atom is 0.261 e. The third-order valence-corrected chi connectivity index (χ3v) is 2.83. The summed E-state index contributed by atoms with van der Waals surface area (Å²) in [5.74, 6) is 0.708. The van der Waals surface area contributed by atoms with Crippen molar-refractivity contribution in [2.24, 2.45) is 0 Å². The fraction of sp³-hybridized carbons (Fsp3) is 0.500. The third kappa shape index (κ3) is 4.83. The number of rotatable bonds is 6. The van der Waals surface area contributed by atoms with E-state index < -0.39 is 0 Å². The number of carbonyl (C=O) groups is 1. The second kappa shape index (κ2) is 8.38. The van der Waals surface area contributed by atoms with Gasteiger partial charge in [-0.3, -0.25) is 4.79 Å². The molecule has 0 unspecified atom stereocenters. The molecule has 0 aromatic carbocycles. The highest BCUT2D eigenvalue weighted by Gasteiger charge is 2.08. The van der Waals surface area contributed by atoms with Gasteiger partial charge in [-0.2, -0.15) is 0 Å². The number of hydrogen-bond acceptors (Lipinski definition) is 4.